The van der Waals surface area contributed by atoms with Crippen molar-refractivity contribution in [3.8, 4) is 0 Å². The number of likely N-dealkylation sites (N-methyl/N-ethyl adjacent to an activating group) is 1. The van der Waals surface area contributed by atoms with Crippen molar-refractivity contribution in [3.05, 3.63) is 45.1 Å². The van der Waals surface area contributed by atoms with E-state index in [0.717, 1.165) is 10.5 Å². The number of hydrogen-bond acceptors (Lipinski definition) is 3. The summed E-state index contributed by atoms with van der Waals surface area (Å²) in [6, 6.07) is 4.84. The van der Waals surface area contributed by atoms with Crippen LogP contribution >= 0.6 is 23.2 Å². The molecule has 8 heteroatoms. The molecule has 1 heterocycles. The zero-order valence-electron chi connectivity index (χ0n) is 15.1. The van der Waals surface area contributed by atoms with Crippen LogP contribution in [-0.4, -0.2) is 38.2 Å². The van der Waals surface area contributed by atoms with Gasteiger partial charge in [-0.15, -0.1) is 0 Å². The monoisotopic (exact) mass is 400 g/mol. The molecule has 1 aromatic carbocycles. The normalized spacial score (nSPS) is 18.2. The van der Waals surface area contributed by atoms with Gasteiger partial charge < -0.3 is 20.3 Å². The maximum atomic E-state index is 12.4. The lowest BCUT2D eigenvalue weighted by Gasteiger charge is -2.29. The van der Waals surface area contributed by atoms with Gasteiger partial charge in [0.15, 0.2) is 0 Å². The molecular weight excluding hydrogens is 377 g/mol. The molecule has 0 saturated heterocycles. The number of rotatable bonds is 7. The van der Waals surface area contributed by atoms with E-state index in [1.54, 1.807) is 13.0 Å². The van der Waals surface area contributed by atoms with Crippen LogP contribution in [-0.2, 0) is 16.1 Å². The van der Waals surface area contributed by atoms with E-state index >= 15 is 0 Å². The first-order valence-corrected chi connectivity index (χ1v) is 9.34. The Morgan fingerprint density at radius 1 is 1.23 bits per heavy atom. The van der Waals surface area contributed by atoms with Crippen LogP contribution in [0.4, 0.5) is 4.79 Å². The van der Waals surface area contributed by atoms with Gasteiger partial charge in [0.05, 0.1) is 41.0 Å². The van der Waals surface area contributed by atoms with E-state index in [1.807, 2.05) is 26.1 Å². The second kappa shape index (κ2) is 9.26. The highest BCUT2D eigenvalue weighted by atomic mass is 35.5. The minimum atomic E-state index is -0.399. The highest BCUT2D eigenvalue weighted by molar-refractivity contribution is 6.42. The van der Waals surface area contributed by atoms with Crippen molar-refractivity contribution in [1.82, 2.24) is 10.6 Å². The molecule has 6 nitrogen and oxygen atoms in total. The molecule has 1 aromatic rings. The fourth-order valence-electron chi connectivity index (χ4n) is 2.96. The number of hydrogen-bond donors (Lipinski definition) is 3. The molecule has 0 saturated carbocycles. The highest BCUT2D eigenvalue weighted by Crippen LogP contribution is 2.22. The number of urea groups is 1. The molecule has 3 N–H and O–H groups in total. The Bertz CT molecular complexity index is 722. The first-order valence-electron chi connectivity index (χ1n) is 8.58. The molecule has 0 radical (unpaired) electrons. The Balaban J connectivity index is 2.21. The molecule has 2 amide bonds. The summed E-state index contributed by atoms with van der Waals surface area (Å²) >= 11 is 12.0. The first kappa shape index (κ1) is 20.6. The predicted molar refractivity (Wildman–Crippen MR) is 101 cm³/mol. The van der Waals surface area contributed by atoms with Crippen molar-refractivity contribution in [2.45, 2.75) is 32.9 Å². The van der Waals surface area contributed by atoms with Crippen LogP contribution in [0.25, 0.3) is 0 Å². The molecule has 2 rings (SSSR count). The van der Waals surface area contributed by atoms with Crippen LogP contribution in [0.3, 0.4) is 0 Å². The van der Waals surface area contributed by atoms with Crippen molar-refractivity contribution in [2.75, 3.05) is 20.2 Å². The number of carbonyl (C=O) groups excluding carboxylic acids is 2. The molecular formula is C18H24Cl2N3O3+. The van der Waals surface area contributed by atoms with E-state index in [0.29, 0.717) is 40.8 Å². The molecule has 26 heavy (non-hydrogen) atoms. The fraction of sp³-hybridized carbons (Fsp3) is 0.444. The predicted octanol–water partition coefficient (Wildman–Crippen LogP) is 1.92. The van der Waals surface area contributed by atoms with Crippen LogP contribution in [0.5, 0.6) is 0 Å². The summed E-state index contributed by atoms with van der Waals surface area (Å²) in [5.41, 5.74) is 2.10. The Hall–Kier alpha value is -1.76. The fourth-order valence-corrected chi connectivity index (χ4v) is 3.28. The van der Waals surface area contributed by atoms with Gasteiger partial charge in [-0.3, -0.25) is 0 Å². The summed E-state index contributed by atoms with van der Waals surface area (Å²) in [4.78, 5) is 25.4. The number of nitrogens with one attached hydrogen (secondary N) is 3. The smallest absolute Gasteiger partial charge is 0.338 e. The van der Waals surface area contributed by atoms with Gasteiger partial charge in [-0.05, 0) is 25.5 Å². The van der Waals surface area contributed by atoms with E-state index in [2.05, 4.69) is 10.6 Å². The summed E-state index contributed by atoms with van der Waals surface area (Å²) in [6.07, 6.45) is 0.608. The van der Waals surface area contributed by atoms with E-state index in [9.17, 15) is 9.59 Å². The van der Waals surface area contributed by atoms with Crippen LogP contribution in [0.15, 0.2) is 29.5 Å². The average Bonchev–Trinajstić information content (AvgIpc) is 2.57. The maximum absolute atomic E-state index is 12.4. The standard InChI is InChI=1S/C18H23Cl2N3O3/c1-4-14-16(17(24)26-5-2)15(22-18(25)21-14)10-23(3)9-11-6-7-12(19)13(20)8-11/h6-8,14H,4-5,9-10H2,1-3H3,(H2,21,22,25)/p+1/t14-/m1/s1. The molecule has 1 aliphatic rings. The molecule has 1 unspecified atom stereocenters. The Kier molecular flexibility index (Phi) is 7.32. The number of quaternary nitrogens is 1. The van der Waals surface area contributed by atoms with Crippen LogP contribution in [0.2, 0.25) is 10.0 Å². The summed E-state index contributed by atoms with van der Waals surface area (Å²) < 4.78 is 5.18. The third-order valence-electron chi connectivity index (χ3n) is 4.12. The zero-order valence-corrected chi connectivity index (χ0v) is 16.6. The topological polar surface area (TPSA) is 71.9 Å². The van der Waals surface area contributed by atoms with E-state index < -0.39 is 5.97 Å². The van der Waals surface area contributed by atoms with Gasteiger partial charge in [0.1, 0.15) is 13.1 Å². The van der Waals surface area contributed by atoms with E-state index in [1.165, 1.54) is 0 Å². The number of esters is 1. The van der Waals surface area contributed by atoms with Gasteiger partial charge in [0.2, 0.25) is 0 Å². The second-order valence-corrected chi connectivity index (χ2v) is 7.05. The van der Waals surface area contributed by atoms with Crippen molar-refractivity contribution in [1.29, 1.82) is 0 Å². The minimum Gasteiger partial charge on any atom is -0.463 e. The molecule has 0 aromatic heterocycles. The summed E-state index contributed by atoms with van der Waals surface area (Å²) in [5.74, 6) is -0.399. The first-order chi connectivity index (χ1) is 12.3. The summed E-state index contributed by atoms with van der Waals surface area (Å²) in [6.45, 7) is 5.09. The van der Waals surface area contributed by atoms with E-state index in [4.69, 9.17) is 27.9 Å². The third-order valence-corrected chi connectivity index (χ3v) is 4.85. The van der Waals surface area contributed by atoms with Gasteiger partial charge >= 0.3 is 12.0 Å². The molecule has 0 bridgehead atoms. The zero-order chi connectivity index (χ0) is 19.3. The Morgan fingerprint density at radius 2 is 1.96 bits per heavy atom. The summed E-state index contributed by atoms with van der Waals surface area (Å²) in [5, 5.41) is 6.56. The maximum Gasteiger partial charge on any atom is 0.338 e. The van der Waals surface area contributed by atoms with Crippen molar-refractivity contribution in [2.24, 2.45) is 0 Å². The molecule has 1 aliphatic heterocycles. The second-order valence-electron chi connectivity index (χ2n) is 6.23. The van der Waals surface area contributed by atoms with Crippen LogP contribution in [0.1, 0.15) is 25.8 Å². The molecule has 0 spiro atoms. The van der Waals surface area contributed by atoms with Crippen molar-refractivity contribution in [3.63, 3.8) is 0 Å². The Morgan fingerprint density at radius 3 is 2.58 bits per heavy atom. The van der Waals surface area contributed by atoms with Gasteiger partial charge in [-0.2, -0.15) is 0 Å². The lowest BCUT2D eigenvalue weighted by Crippen LogP contribution is -3.08. The number of ether oxygens (including phenoxy) is 1. The highest BCUT2D eigenvalue weighted by Gasteiger charge is 2.32. The minimum absolute atomic E-state index is 0.284. The number of benzene rings is 1. The largest absolute Gasteiger partial charge is 0.463 e. The Labute approximate surface area is 163 Å². The third kappa shape index (κ3) is 5.13. The number of carbonyl (C=O) groups is 2. The lowest BCUT2D eigenvalue weighted by molar-refractivity contribution is -0.889. The van der Waals surface area contributed by atoms with Gasteiger partial charge in [0, 0.05) is 5.56 Å². The van der Waals surface area contributed by atoms with Gasteiger partial charge in [-0.25, -0.2) is 9.59 Å². The van der Waals surface area contributed by atoms with Crippen molar-refractivity contribution >= 4 is 35.2 Å². The van der Waals surface area contributed by atoms with Crippen LogP contribution < -0.4 is 15.5 Å². The molecule has 142 valence electrons. The quantitative estimate of drug-likeness (QED) is 0.612. The SMILES string of the molecule is CCOC(=O)C1=C(C[NH+](C)Cc2ccc(Cl)c(Cl)c2)NC(=O)N[C@@H]1CC. The molecule has 0 aliphatic carbocycles. The van der Waals surface area contributed by atoms with Gasteiger partial charge in [0.25, 0.3) is 0 Å². The molecule has 0 fully saturated rings. The average molecular weight is 401 g/mol. The number of halogens is 2. The molecule has 2 atom stereocenters. The summed E-state index contributed by atoms with van der Waals surface area (Å²) in [7, 11) is 1.98. The van der Waals surface area contributed by atoms with Crippen molar-refractivity contribution < 1.29 is 19.2 Å². The van der Waals surface area contributed by atoms with Gasteiger partial charge in [-0.1, -0.05) is 36.2 Å². The van der Waals surface area contributed by atoms with E-state index in [-0.39, 0.29) is 18.7 Å². The number of amides is 2. The van der Waals surface area contributed by atoms with Crippen LogP contribution in [0, 0.1) is 0 Å². The lowest BCUT2D eigenvalue weighted by atomic mass is 10.00.